The highest BCUT2D eigenvalue weighted by molar-refractivity contribution is 9.10. The summed E-state index contributed by atoms with van der Waals surface area (Å²) in [4.78, 5) is 2.52. The van der Waals surface area contributed by atoms with E-state index in [9.17, 15) is 0 Å². The van der Waals surface area contributed by atoms with Crippen molar-refractivity contribution >= 4 is 27.3 Å². The van der Waals surface area contributed by atoms with Crippen LogP contribution < -0.4 is 10.6 Å². The Labute approximate surface area is 112 Å². The molecule has 1 aliphatic carbocycles. The van der Waals surface area contributed by atoms with Crippen molar-refractivity contribution in [3.05, 3.63) is 22.2 Å². The number of aryl methyl sites for hydroxylation is 1. The third-order valence-corrected chi connectivity index (χ3v) is 4.39. The molecule has 0 atom stereocenters. The van der Waals surface area contributed by atoms with Crippen molar-refractivity contribution in [3.8, 4) is 0 Å². The van der Waals surface area contributed by atoms with Gasteiger partial charge in [-0.2, -0.15) is 0 Å². The van der Waals surface area contributed by atoms with E-state index in [0.29, 0.717) is 6.04 Å². The van der Waals surface area contributed by atoms with Crippen LogP contribution in [0.15, 0.2) is 16.6 Å². The van der Waals surface area contributed by atoms with Crippen molar-refractivity contribution in [2.24, 2.45) is 0 Å². The summed E-state index contributed by atoms with van der Waals surface area (Å²) in [5, 5.41) is 0. The lowest BCUT2D eigenvalue weighted by molar-refractivity contribution is 0.619. The van der Waals surface area contributed by atoms with Gasteiger partial charge < -0.3 is 10.6 Å². The zero-order valence-corrected chi connectivity index (χ0v) is 12.3. The van der Waals surface area contributed by atoms with Crippen LogP contribution in [0.25, 0.3) is 0 Å². The molecule has 1 fully saturated rings. The van der Waals surface area contributed by atoms with E-state index < -0.39 is 0 Å². The van der Waals surface area contributed by atoms with Crippen LogP contribution in [-0.2, 0) is 0 Å². The number of nitrogen functional groups attached to an aromatic ring is 1. The zero-order chi connectivity index (χ0) is 12.4. The molecule has 17 heavy (non-hydrogen) atoms. The van der Waals surface area contributed by atoms with Gasteiger partial charge in [0.15, 0.2) is 0 Å². The van der Waals surface area contributed by atoms with Gasteiger partial charge in [-0.25, -0.2) is 0 Å². The van der Waals surface area contributed by atoms with Gasteiger partial charge in [0.1, 0.15) is 0 Å². The predicted octanol–water partition coefficient (Wildman–Crippen LogP) is 4.11. The molecule has 0 spiro atoms. The maximum Gasteiger partial charge on any atom is 0.0517 e. The summed E-state index contributed by atoms with van der Waals surface area (Å²) in [5.41, 5.74) is 9.26. The first-order chi connectivity index (χ1) is 8.13. The van der Waals surface area contributed by atoms with Gasteiger partial charge in [0, 0.05) is 22.7 Å². The number of hydrogen-bond acceptors (Lipinski definition) is 2. The monoisotopic (exact) mass is 296 g/mol. The average Bonchev–Trinajstić information content (AvgIpc) is 2.80. The van der Waals surface area contributed by atoms with Crippen LogP contribution in [0.4, 0.5) is 11.4 Å². The highest BCUT2D eigenvalue weighted by Crippen LogP contribution is 2.35. The molecule has 0 aliphatic heterocycles. The Morgan fingerprint density at radius 1 is 1.35 bits per heavy atom. The SMILES string of the molecule is CCN(c1cc(C)c(N)cc1Br)C1CCCC1. The molecule has 0 saturated heterocycles. The molecular weight excluding hydrogens is 276 g/mol. The van der Waals surface area contributed by atoms with Gasteiger partial charge in [0.25, 0.3) is 0 Å². The smallest absolute Gasteiger partial charge is 0.0517 e. The van der Waals surface area contributed by atoms with Crippen LogP contribution in [0, 0.1) is 6.92 Å². The van der Waals surface area contributed by atoms with Crippen LogP contribution >= 0.6 is 15.9 Å². The Morgan fingerprint density at radius 2 is 2.00 bits per heavy atom. The number of anilines is 2. The molecule has 0 bridgehead atoms. The topological polar surface area (TPSA) is 29.3 Å². The van der Waals surface area contributed by atoms with Gasteiger partial charge in [0.2, 0.25) is 0 Å². The fourth-order valence-electron chi connectivity index (χ4n) is 2.74. The summed E-state index contributed by atoms with van der Waals surface area (Å²) in [6, 6.07) is 4.95. The molecule has 2 rings (SSSR count). The van der Waals surface area contributed by atoms with Gasteiger partial charge in [-0.05, 0) is 60.3 Å². The van der Waals surface area contributed by atoms with E-state index in [1.165, 1.54) is 36.9 Å². The third-order valence-electron chi connectivity index (χ3n) is 3.75. The molecule has 94 valence electrons. The van der Waals surface area contributed by atoms with Gasteiger partial charge in [-0.1, -0.05) is 12.8 Å². The summed E-state index contributed by atoms with van der Waals surface area (Å²) < 4.78 is 1.12. The standard InChI is InChI=1S/C14H21BrN2/c1-3-17(11-6-4-5-7-11)14-8-10(2)13(16)9-12(14)15/h8-9,11H,3-7,16H2,1-2H3. The largest absolute Gasteiger partial charge is 0.398 e. The van der Waals surface area contributed by atoms with Crippen molar-refractivity contribution in [3.63, 3.8) is 0 Å². The summed E-state index contributed by atoms with van der Waals surface area (Å²) in [6.07, 6.45) is 5.38. The Hall–Kier alpha value is -0.700. The van der Waals surface area contributed by atoms with Crippen molar-refractivity contribution in [1.82, 2.24) is 0 Å². The molecular formula is C14H21BrN2. The van der Waals surface area contributed by atoms with E-state index >= 15 is 0 Å². The van der Waals surface area contributed by atoms with E-state index in [2.05, 4.69) is 40.7 Å². The lowest BCUT2D eigenvalue weighted by Crippen LogP contribution is -2.33. The molecule has 3 heteroatoms. The fourth-order valence-corrected chi connectivity index (χ4v) is 3.33. The lowest BCUT2D eigenvalue weighted by Gasteiger charge is -2.31. The molecule has 0 heterocycles. The number of nitrogens with zero attached hydrogens (tertiary/aromatic N) is 1. The second kappa shape index (κ2) is 5.30. The van der Waals surface area contributed by atoms with Crippen molar-refractivity contribution < 1.29 is 0 Å². The fraction of sp³-hybridized carbons (Fsp3) is 0.571. The summed E-state index contributed by atoms with van der Waals surface area (Å²) >= 11 is 3.65. The quantitative estimate of drug-likeness (QED) is 0.851. The summed E-state index contributed by atoms with van der Waals surface area (Å²) in [7, 11) is 0. The average molecular weight is 297 g/mol. The van der Waals surface area contributed by atoms with Gasteiger partial charge in [-0.15, -0.1) is 0 Å². The van der Waals surface area contributed by atoms with Crippen molar-refractivity contribution in [2.45, 2.75) is 45.6 Å². The second-order valence-corrected chi connectivity index (χ2v) is 5.74. The minimum Gasteiger partial charge on any atom is -0.398 e. The maximum absolute atomic E-state index is 5.94. The first-order valence-corrected chi connectivity index (χ1v) is 7.25. The summed E-state index contributed by atoms with van der Waals surface area (Å²) in [6.45, 7) is 5.37. The molecule has 2 N–H and O–H groups in total. The zero-order valence-electron chi connectivity index (χ0n) is 10.7. The highest BCUT2D eigenvalue weighted by atomic mass is 79.9. The van der Waals surface area contributed by atoms with E-state index in [-0.39, 0.29) is 0 Å². The predicted molar refractivity (Wildman–Crippen MR) is 78.6 cm³/mol. The molecule has 1 aromatic carbocycles. The molecule has 2 nitrogen and oxygen atoms in total. The number of rotatable bonds is 3. The summed E-state index contributed by atoms with van der Waals surface area (Å²) in [5.74, 6) is 0. The third kappa shape index (κ3) is 2.59. The van der Waals surface area contributed by atoms with E-state index in [4.69, 9.17) is 5.73 Å². The second-order valence-electron chi connectivity index (χ2n) is 4.88. The Morgan fingerprint density at radius 3 is 2.59 bits per heavy atom. The van der Waals surface area contributed by atoms with Crippen molar-refractivity contribution in [1.29, 1.82) is 0 Å². The maximum atomic E-state index is 5.94. The molecule has 0 radical (unpaired) electrons. The van der Waals surface area contributed by atoms with Crippen LogP contribution in [0.5, 0.6) is 0 Å². The molecule has 1 aromatic rings. The number of benzene rings is 1. The molecule has 1 aliphatic rings. The van der Waals surface area contributed by atoms with Gasteiger partial charge in [0.05, 0.1) is 5.69 Å². The van der Waals surface area contributed by atoms with Crippen LogP contribution in [0.3, 0.4) is 0 Å². The number of halogens is 1. The normalized spacial score (nSPS) is 16.4. The number of hydrogen-bond donors (Lipinski definition) is 1. The Balaban J connectivity index is 2.32. The van der Waals surface area contributed by atoms with Crippen molar-refractivity contribution in [2.75, 3.05) is 17.2 Å². The first-order valence-electron chi connectivity index (χ1n) is 6.45. The first kappa shape index (κ1) is 12.7. The van der Waals surface area contributed by atoms with Gasteiger partial charge >= 0.3 is 0 Å². The van der Waals surface area contributed by atoms with E-state index in [1.807, 2.05) is 6.07 Å². The minimum absolute atomic E-state index is 0.708. The van der Waals surface area contributed by atoms with E-state index in [0.717, 1.165) is 16.7 Å². The Kier molecular flexibility index (Phi) is 3.97. The van der Waals surface area contributed by atoms with E-state index in [1.54, 1.807) is 0 Å². The van der Waals surface area contributed by atoms with Crippen LogP contribution in [0.1, 0.15) is 38.2 Å². The van der Waals surface area contributed by atoms with Crippen LogP contribution in [-0.4, -0.2) is 12.6 Å². The molecule has 0 unspecified atom stereocenters. The molecule has 0 aromatic heterocycles. The highest BCUT2D eigenvalue weighted by Gasteiger charge is 2.23. The molecule has 1 saturated carbocycles. The van der Waals surface area contributed by atoms with Gasteiger partial charge in [-0.3, -0.25) is 0 Å². The Bertz CT molecular complexity index is 397. The number of nitrogens with two attached hydrogens (primary N) is 1. The minimum atomic E-state index is 0.708. The lowest BCUT2D eigenvalue weighted by atomic mass is 10.1. The molecule has 0 amide bonds. The van der Waals surface area contributed by atoms with Crippen LogP contribution in [0.2, 0.25) is 0 Å².